The van der Waals surface area contributed by atoms with Gasteiger partial charge in [-0.05, 0) is 81.4 Å². The Hall–Kier alpha value is -4.49. The van der Waals surface area contributed by atoms with Gasteiger partial charge >= 0.3 is 12.1 Å². The van der Waals surface area contributed by atoms with Crippen LogP contribution in [0.5, 0.6) is 0 Å². The lowest BCUT2D eigenvalue weighted by Crippen LogP contribution is -2.58. The lowest BCUT2D eigenvalue weighted by atomic mass is 9.89. The zero-order valence-electron chi connectivity index (χ0n) is 35.8. The molecule has 3 rings (SSSR count). The first-order valence-electron chi connectivity index (χ1n) is 20.5. The number of hydrazine groups is 1. The Kier molecular flexibility index (Phi) is 19.0. The lowest BCUT2D eigenvalue weighted by Gasteiger charge is -2.35. The summed E-state index contributed by atoms with van der Waals surface area (Å²) in [6.45, 7) is 18.0. The summed E-state index contributed by atoms with van der Waals surface area (Å²) >= 11 is 0. The number of nitrogens with one attached hydrogen (secondary N) is 3. The molecule has 1 saturated heterocycles. The van der Waals surface area contributed by atoms with Crippen LogP contribution < -0.4 is 16.1 Å². The molecule has 0 saturated carbocycles. The fourth-order valence-corrected chi connectivity index (χ4v) is 7.06. The molecule has 2 aromatic rings. The summed E-state index contributed by atoms with van der Waals surface area (Å²) in [5.74, 6) is -0.375. The van der Waals surface area contributed by atoms with Crippen LogP contribution in [0.1, 0.15) is 97.5 Å². The number of hydrogen-bond acceptors (Lipinski definition) is 8. The predicted octanol–water partition coefficient (Wildman–Crippen LogP) is 6.01. The number of methoxy groups -OCH3 is 1. The number of ether oxygens (including phenoxy) is 1. The van der Waals surface area contributed by atoms with Crippen LogP contribution in [0, 0.1) is 24.2 Å². The highest BCUT2D eigenvalue weighted by molar-refractivity contribution is 5.88. The van der Waals surface area contributed by atoms with Gasteiger partial charge in [0.2, 0.25) is 11.8 Å². The summed E-state index contributed by atoms with van der Waals surface area (Å²) < 4.78 is 4.70. The minimum atomic E-state index is -1.08. The van der Waals surface area contributed by atoms with Crippen molar-refractivity contribution in [3.05, 3.63) is 77.1 Å². The minimum absolute atomic E-state index is 0.0545. The van der Waals surface area contributed by atoms with E-state index in [0.29, 0.717) is 44.9 Å². The number of pyridine rings is 1. The Labute approximate surface area is 341 Å². The van der Waals surface area contributed by atoms with Crippen molar-refractivity contribution in [1.29, 1.82) is 0 Å². The normalized spacial score (nSPS) is 15.7. The van der Waals surface area contributed by atoms with E-state index in [0.717, 1.165) is 36.2 Å². The van der Waals surface area contributed by atoms with Gasteiger partial charge in [0.15, 0.2) is 0 Å². The van der Waals surface area contributed by atoms with Crippen molar-refractivity contribution in [3.63, 3.8) is 0 Å². The average Bonchev–Trinajstić information content (AvgIpc) is 3.50. The second-order valence-corrected chi connectivity index (χ2v) is 16.8. The SMILES string of the molecule is CCC(C)C(C(=O)NC(Cc1ccccc1)C(O)CN(CCC(C)CCC=C(C)C)NC(=O)CC(C)(C)CNC(=O)OC)N1CCN(Cc2cccc(C)n2)C1=O. The highest BCUT2D eigenvalue weighted by Gasteiger charge is 2.41. The maximum atomic E-state index is 14.4. The standard InChI is InChI=1S/C44H69N7O6/c1-10-33(5)40(51-25-24-49(43(51)56)28-36-21-15-18-34(6)46-36)41(54)47-37(26-35-19-12-11-13-20-35)38(52)29-50(23-22-32(4)17-14-16-31(2)3)48-39(53)27-44(7,8)30-45-42(55)57-9/h11-13,15-16,18-21,32-33,37-38,40,52H,10,14,17,22-30H2,1-9H3,(H,45,55)(H,47,54)(H,48,53). The molecule has 13 nitrogen and oxygen atoms in total. The quantitative estimate of drug-likeness (QED) is 0.0789. The highest BCUT2D eigenvalue weighted by Crippen LogP contribution is 2.24. The Balaban J connectivity index is 1.83. The van der Waals surface area contributed by atoms with Crippen LogP contribution in [-0.4, -0.2) is 107 Å². The molecule has 0 radical (unpaired) electrons. The van der Waals surface area contributed by atoms with E-state index >= 15 is 0 Å². The number of benzene rings is 1. The molecular weight excluding hydrogens is 723 g/mol. The number of carbonyl (C=O) groups excluding carboxylic acids is 4. The van der Waals surface area contributed by atoms with E-state index in [-0.39, 0.29) is 43.3 Å². The molecule has 4 N–H and O–H groups in total. The van der Waals surface area contributed by atoms with Crippen molar-refractivity contribution in [2.45, 2.75) is 119 Å². The summed E-state index contributed by atoms with van der Waals surface area (Å²) in [6.07, 6.45) is 4.42. The van der Waals surface area contributed by atoms with E-state index in [4.69, 9.17) is 4.74 Å². The molecular formula is C44H69N7O6. The number of aryl methyl sites for hydroxylation is 1. The minimum Gasteiger partial charge on any atom is -0.453 e. The number of allylic oxidation sites excluding steroid dienone is 2. The second kappa shape index (κ2) is 23.0. The van der Waals surface area contributed by atoms with E-state index in [2.05, 4.69) is 47.9 Å². The molecule has 1 aliphatic heterocycles. The van der Waals surface area contributed by atoms with Crippen LogP contribution >= 0.6 is 0 Å². The molecule has 5 atom stereocenters. The van der Waals surface area contributed by atoms with Crippen molar-refractivity contribution >= 4 is 23.9 Å². The number of urea groups is 1. The van der Waals surface area contributed by atoms with Crippen molar-refractivity contribution in [3.8, 4) is 0 Å². The number of amides is 5. The molecule has 0 bridgehead atoms. The second-order valence-electron chi connectivity index (χ2n) is 16.8. The van der Waals surface area contributed by atoms with Crippen molar-refractivity contribution in [2.75, 3.05) is 39.8 Å². The number of aliphatic hydroxyl groups is 1. The van der Waals surface area contributed by atoms with E-state index in [1.807, 2.05) is 83.1 Å². The maximum Gasteiger partial charge on any atom is 0.406 e. The molecule has 0 spiro atoms. The third kappa shape index (κ3) is 16.1. The molecule has 1 aromatic carbocycles. The summed E-state index contributed by atoms with van der Waals surface area (Å²) in [4.78, 5) is 61.5. The van der Waals surface area contributed by atoms with Crippen LogP contribution in [0.15, 0.2) is 60.2 Å². The van der Waals surface area contributed by atoms with Gasteiger partial charge in [0.05, 0.1) is 31.5 Å². The van der Waals surface area contributed by atoms with Crippen molar-refractivity contribution < 1.29 is 29.0 Å². The van der Waals surface area contributed by atoms with Crippen LogP contribution in [-0.2, 0) is 27.3 Å². The van der Waals surface area contributed by atoms with E-state index < -0.39 is 29.7 Å². The van der Waals surface area contributed by atoms with Gasteiger partial charge in [0, 0.05) is 44.8 Å². The molecule has 1 fully saturated rings. The van der Waals surface area contributed by atoms with Crippen LogP contribution in [0.2, 0.25) is 0 Å². The Morgan fingerprint density at radius 3 is 2.42 bits per heavy atom. The van der Waals surface area contributed by atoms with Gasteiger partial charge < -0.3 is 30.3 Å². The average molecular weight is 792 g/mol. The number of carbonyl (C=O) groups is 4. The molecule has 316 valence electrons. The van der Waals surface area contributed by atoms with Gasteiger partial charge in [-0.3, -0.25) is 20.0 Å². The number of rotatable bonds is 23. The van der Waals surface area contributed by atoms with E-state index in [1.54, 1.807) is 14.8 Å². The Bertz CT molecular complexity index is 1610. The summed E-state index contributed by atoms with van der Waals surface area (Å²) in [7, 11) is 1.29. The Morgan fingerprint density at radius 1 is 1.05 bits per heavy atom. The number of nitrogens with zero attached hydrogens (tertiary/aromatic N) is 4. The molecule has 57 heavy (non-hydrogen) atoms. The molecule has 5 amide bonds. The van der Waals surface area contributed by atoms with Crippen LogP contribution in [0.25, 0.3) is 0 Å². The fourth-order valence-electron chi connectivity index (χ4n) is 7.06. The molecule has 0 aliphatic carbocycles. The smallest absolute Gasteiger partial charge is 0.406 e. The van der Waals surface area contributed by atoms with Crippen LogP contribution in [0.4, 0.5) is 9.59 Å². The largest absolute Gasteiger partial charge is 0.453 e. The third-order valence-corrected chi connectivity index (χ3v) is 10.6. The number of hydrogen-bond donors (Lipinski definition) is 4. The van der Waals surface area contributed by atoms with E-state index in [1.165, 1.54) is 12.7 Å². The topological polar surface area (TPSA) is 156 Å². The zero-order valence-corrected chi connectivity index (χ0v) is 35.8. The van der Waals surface area contributed by atoms with Gasteiger partial charge in [0.25, 0.3) is 0 Å². The molecule has 1 aliphatic rings. The van der Waals surface area contributed by atoms with Gasteiger partial charge in [-0.25, -0.2) is 14.6 Å². The van der Waals surface area contributed by atoms with Crippen molar-refractivity contribution in [2.24, 2.45) is 17.3 Å². The summed E-state index contributed by atoms with van der Waals surface area (Å²) in [6, 6.07) is 13.7. The summed E-state index contributed by atoms with van der Waals surface area (Å²) in [5.41, 5.74) is 6.34. The van der Waals surface area contributed by atoms with Gasteiger partial charge in [-0.2, -0.15) is 0 Å². The first kappa shape index (κ1) is 46.9. The molecule has 1 aromatic heterocycles. The predicted molar refractivity (Wildman–Crippen MR) is 224 cm³/mol. The van der Waals surface area contributed by atoms with Gasteiger partial charge in [-0.1, -0.05) is 89.1 Å². The van der Waals surface area contributed by atoms with Gasteiger partial charge in [0.1, 0.15) is 6.04 Å². The fraction of sp³-hybridized carbons (Fsp3) is 0.614. The number of alkyl carbamates (subject to hydrolysis) is 1. The van der Waals surface area contributed by atoms with Crippen LogP contribution in [0.3, 0.4) is 0 Å². The van der Waals surface area contributed by atoms with Crippen molar-refractivity contribution in [1.82, 2.24) is 35.9 Å². The van der Waals surface area contributed by atoms with E-state index in [9.17, 15) is 24.3 Å². The summed E-state index contributed by atoms with van der Waals surface area (Å²) in [5, 5.41) is 19.6. The van der Waals surface area contributed by atoms with Gasteiger partial charge in [-0.15, -0.1) is 0 Å². The molecule has 13 heteroatoms. The third-order valence-electron chi connectivity index (χ3n) is 10.6. The molecule has 5 unspecified atom stereocenters. The zero-order chi connectivity index (χ0) is 42.1. The molecule has 2 heterocycles. The first-order chi connectivity index (χ1) is 27.0. The lowest BCUT2D eigenvalue weighted by molar-refractivity contribution is -0.131. The maximum absolute atomic E-state index is 14.4. The Morgan fingerprint density at radius 2 is 1.77 bits per heavy atom. The monoisotopic (exact) mass is 792 g/mol. The number of aromatic nitrogens is 1. The highest BCUT2D eigenvalue weighted by atomic mass is 16.5. The number of aliphatic hydroxyl groups excluding tert-OH is 1. The first-order valence-corrected chi connectivity index (χ1v) is 20.5.